The highest BCUT2D eigenvalue weighted by molar-refractivity contribution is 7.89. The van der Waals surface area contributed by atoms with Gasteiger partial charge in [-0.2, -0.15) is 4.31 Å². The molecule has 0 atom stereocenters. The van der Waals surface area contributed by atoms with E-state index in [0.717, 1.165) is 65.8 Å². The molecule has 0 bridgehead atoms. The van der Waals surface area contributed by atoms with Gasteiger partial charge in [-0.15, -0.1) is 11.3 Å². The van der Waals surface area contributed by atoms with Crippen LogP contribution >= 0.6 is 11.3 Å². The quantitative estimate of drug-likeness (QED) is 0.558. The van der Waals surface area contributed by atoms with E-state index in [4.69, 9.17) is 14.7 Å². The van der Waals surface area contributed by atoms with Crippen LogP contribution in [0.5, 0.6) is 0 Å². The Kier molecular flexibility index (Phi) is 6.84. The van der Waals surface area contributed by atoms with Crippen LogP contribution in [0.1, 0.15) is 27.4 Å². The molecule has 1 N–H and O–H groups in total. The van der Waals surface area contributed by atoms with Crippen LogP contribution in [-0.4, -0.2) is 75.2 Å². The average molecular weight is 517 g/mol. The molecule has 5 rings (SSSR count). The zero-order chi connectivity index (χ0) is 24.7. The van der Waals surface area contributed by atoms with Crippen molar-refractivity contribution >= 4 is 37.4 Å². The van der Waals surface area contributed by atoms with Gasteiger partial charge in [-0.05, 0) is 50.5 Å². The lowest BCUT2D eigenvalue weighted by atomic mass is 10.2. The molecule has 1 aromatic carbocycles. The Hall–Kier alpha value is -2.11. The molecule has 8 nitrogen and oxygen atoms in total. The number of nitrogens with zero attached hydrogens (tertiary/aromatic N) is 4. The number of nitrogens with one attached hydrogen (secondary N) is 1. The standard InChI is InChI=1S/C25H33N5O3S2/c1-17-5-6-18(2)21(15-17)35(31,32)30-9-7-29(8-10-30)24-23-19(3)20(4)34-25(23)27-22(26-24)16-28-11-13-33-14-12-28/h5-6,15H,7-14,16H2,1-4H3/p+1. The highest BCUT2D eigenvalue weighted by Gasteiger charge is 2.31. The van der Waals surface area contributed by atoms with Gasteiger partial charge in [-0.1, -0.05) is 12.1 Å². The monoisotopic (exact) mass is 516 g/mol. The Labute approximate surface area is 211 Å². The van der Waals surface area contributed by atoms with Crippen molar-refractivity contribution in [3.05, 3.63) is 45.6 Å². The number of rotatable bonds is 5. The van der Waals surface area contributed by atoms with Gasteiger partial charge in [-0.25, -0.2) is 18.4 Å². The maximum absolute atomic E-state index is 13.4. The van der Waals surface area contributed by atoms with Crippen molar-refractivity contribution in [2.24, 2.45) is 0 Å². The molecule has 2 saturated heterocycles. The smallest absolute Gasteiger partial charge is 0.243 e. The number of benzene rings is 1. The number of hydrogen-bond acceptors (Lipinski definition) is 7. The molecule has 2 aromatic heterocycles. The van der Waals surface area contributed by atoms with Crippen molar-refractivity contribution in [2.45, 2.75) is 39.1 Å². The van der Waals surface area contributed by atoms with Crippen LogP contribution < -0.4 is 9.80 Å². The largest absolute Gasteiger partial charge is 0.370 e. The number of aryl methyl sites for hydroxylation is 4. The summed E-state index contributed by atoms with van der Waals surface area (Å²) in [6.07, 6.45) is 0. The third kappa shape index (κ3) is 4.82. The third-order valence-corrected chi connectivity index (χ3v) is 10.3. The van der Waals surface area contributed by atoms with Crippen molar-refractivity contribution in [1.29, 1.82) is 0 Å². The van der Waals surface area contributed by atoms with E-state index in [9.17, 15) is 8.42 Å². The van der Waals surface area contributed by atoms with Gasteiger partial charge in [0.15, 0.2) is 5.82 Å². The van der Waals surface area contributed by atoms with E-state index in [0.29, 0.717) is 31.1 Å². The van der Waals surface area contributed by atoms with E-state index in [1.165, 1.54) is 15.3 Å². The van der Waals surface area contributed by atoms with Crippen LogP contribution in [0.4, 0.5) is 5.82 Å². The highest BCUT2D eigenvalue weighted by atomic mass is 32.2. The zero-order valence-electron chi connectivity index (χ0n) is 20.9. The molecular weight excluding hydrogens is 482 g/mol. The number of aromatic nitrogens is 2. The van der Waals surface area contributed by atoms with Gasteiger partial charge in [-0.3, -0.25) is 0 Å². The van der Waals surface area contributed by atoms with Crippen LogP contribution in [0.2, 0.25) is 0 Å². The summed E-state index contributed by atoms with van der Waals surface area (Å²) < 4.78 is 34.0. The molecule has 10 heteroatoms. The SMILES string of the molecule is Cc1ccc(C)c(S(=O)(=O)N2CCN(c3nc(C[NH+]4CCOCC4)nc4sc(C)c(C)c34)CC2)c1. The Morgan fingerprint density at radius 2 is 1.74 bits per heavy atom. The topological polar surface area (TPSA) is 80.1 Å². The minimum atomic E-state index is -3.53. The van der Waals surface area contributed by atoms with Crippen molar-refractivity contribution < 1.29 is 18.1 Å². The minimum Gasteiger partial charge on any atom is -0.370 e. The van der Waals surface area contributed by atoms with Crippen LogP contribution in [0.15, 0.2) is 23.1 Å². The normalized spacial score (nSPS) is 18.5. The number of thiophene rings is 1. The van der Waals surface area contributed by atoms with Crippen LogP contribution in [0.3, 0.4) is 0 Å². The molecule has 4 heterocycles. The summed E-state index contributed by atoms with van der Waals surface area (Å²) in [5.74, 6) is 1.80. The highest BCUT2D eigenvalue weighted by Crippen LogP contribution is 2.35. The lowest BCUT2D eigenvalue weighted by molar-refractivity contribution is -0.922. The number of anilines is 1. The molecule has 2 fully saturated rings. The van der Waals surface area contributed by atoms with Crippen LogP contribution in [0.25, 0.3) is 10.2 Å². The van der Waals surface area contributed by atoms with Crippen LogP contribution in [0, 0.1) is 27.7 Å². The lowest BCUT2D eigenvalue weighted by Gasteiger charge is -2.35. The third-order valence-electron chi connectivity index (χ3n) is 7.16. The van der Waals surface area contributed by atoms with E-state index >= 15 is 0 Å². The predicted molar refractivity (Wildman–Crippen MR) is 139 cm³/mol. The van der Waals surface area contributed by atoms with E-state index < -0.39 is 10.0 Å². The second kappa shape index (κ2) is 9.74. The van der Waals surface area contributed by atoms with Gasteiger partial charge in [0, 0.05) is 31.1 Å². The summed E-state index contributed by atoms with van der Waals surface area (Å²) in [4.78, 5) is 16.4. The van der Waals surface area contributed by atoms with Gasteiger partial charge in [0.1, 0.15) is 30.3 Å². The molecule has 0 saturated carbocycles. The van der Waals surface area contributed by atoms with Gasteiger partial charge in [0.05, 0.1) is 23.5 Å². The maximum atomic E-state index is 13.4. The fraction of sp³-hybridized carbons (Fsp3) is 0.520. The van der Waals surface area contributed by atoms with Crippen molar-refractivity contribution in [3.8, 4) is 0 Å². The van der Waals surface area contributed by atoms with Gasteiger partial charge in [0.2, 0.25) is 10.0 Å². The summed E-state index contributed by atoms with van der Waals surface area (Å²) in [5, 5.41) is 1.11. The molecule has 35 heavy (non-hydrogen) atoms. The number of morpholine rings is 1. The minimum absolute atomic E-state index is 0.412. The molecular formula is C25H34N5O3S2+. The van der Waals surface area contributed by atoms with Crippen LogP contribution in [-0.2, 0) is 21.3 Å². The number of piperazine rings is 1. The van der Waals surface area contributed by atoms with Crippen molar-refractivity contribution in [3.63, 3.8) is 0 Å². The summed E-state index contributed by atoms with van der Waals surface area (Å²) in [6, 6.07) is 5.62. The average Bonchev–Trinajstić information content (AvgIpc) is 3.14. The van der Waals surface area contributed by atoms with E-state index in [-0.39, 0.29) is 0 Å². The number of quaternary nitrogens is 1. The number of ether oxygens (including phenoxy) is 1. The van der Waals surface area contributed by atoms with Gasteiger partial charge < -0.3 is 14.5 Å². The molecule has 188 valence electrons. The maximum Gasteiger partial charge on any atom is 0.243 e. The van der Waals surface area contributed by atoms with Gasteiger partial charge >= 0.3 is 0 Å². The van der Waals surface area contributed by atoms with E-state index in [2.05, 4.69) is 18.7 Å². The molecule has 3 aromatic rings. The van der Waals surface area contributed by atoms with E-state index in [1.54, 1.807) is 21.7 Å². The predicted octanol–water partition coefficient (Wildman–Crippen LogP) is 1.85. The van der Waals surface area contributed by atoms with Gasteiger partial charge in [0.25, 0.3) is 0 Å². The van der Waals surface area contributed by atoms with Crippen molar-refractivity contribution in [1.82, 2.24) is 14.3 Å². The first kappa shape index (κ1) is 24.6. The number of hydrogen-bond donors (Lipinski definition) is 1. The Bertz CT molecular complexity index is 1340. The molecule has 0 radical (unpaired) electrons. The Morgan fingerprint density at radius 3 is 2.46 bits per heavy atom. The fourth-order valence-corrected chi connectivity index (χ4v) is 7.68. The Balaban J connectivity index is 1.41. The molecule has 0 amide bonds. The molecule has 2 aliphatic rings. The Morgan fingerprint density at radius 1 is 1.03 bits per heavy atom. The zero-order valence-corrected chi connectivity index (χ0v) is 22.6. The lowest BCUT2D eigenvalue weighted by Crippen LogP contribution is -3.12. The molecule has 0 aliphatic carbocycles. The number of sulfonamides is 1. The summed E-state index contributed by atoms with van der Waals surface area (Å²) in [6.45, 7) is 14.4. The second-order valence-corrected chi connectivity index (χ2v) is 12.7. The number of fused-ring (bicyclic) bond motifs is 1. The second-order valence-electron chi connectivity index (χ2n) is 9.63. The van der Waals surface area contributed by atoms with Crippen molar-refractivity contribution in [2.75, 3.05) is 57.4 Å². The first-order valence-corrected chi connectivity index (χ1v) is 14.5. The molecule has 2 aliphatic heterocycles. The summed E-state index contributed by atoms with van der Waals surface area (Å²) in [5.41, 5.74) is 2.96. The fourth-order valence-electron chi connectivity index (χ4n) is 4.90. The molecule has 0 spiro atoms. The molecule has 0 unspecified atom stereocenters. The van der Waals surface area contributed by atoms with E-state index in [1.807, 2.05) is 26.0 Å². The summed E-state index contributed by atoms with van der Waals surface area (Å²) >= 11 is 1.72. The summed E-state index contributed by atoms with van der Waals surface area (Å²) in [7, 11) is -3.53. The first-order valence-electron chi connectivity index (χ1n) is 12.2. The first-order chi connectivity index (χ1) is 16.7.